The molecule has 0 aliphatic carbocycles. The summed E-state index contributed by atoms with van der Waals surface area (Å²) in [7, 11) is 0. The van der Waals surface area contributed by atoms with Crippen LogP contribution in [-0.4, -0.2) is 10.9 Å². The number of carbonyl (C=O) groups is 1. The number of halogens is 1. The van der Waals surface area contributed by atoms with Gasteiger partial charge in [-0.25, -0.2) is 0 Å². The topological polar surface area (TPSA) is 88.0 Å². The lowest BCUT2D eigenvalue weighted by molar-refractivity contribution is 0.102. The molecule has 0 saturated heterocycles. The zero-order chi connectivity index (χ0) is 14.0. The molecule has 5 nitrogen and oxygen atoms in total. The van der Waals surface area contributed by atoms with Crippen molar-refractivity contribution in [2.24, 2.45) is 0 Å². The van der Waals surface area contributed by atoms with Crippen LogP contribution in [0.3, 0.4) is 0 Å². The third-order valence-corrected chi connectivity index (χ3v) is 3.17. The molecule has 4 N–H and O–H groups in total. The van der Waals surface area contributed by atoms with Gasteiger partial charge in [0.25, 0.3) is 5.91 Å². The van der Waals surface area contributed by atoms with Crippen LogP contribution in [0.25, 0.3) is 0 Å². The molecule has 2 rings (SSSR count). The molecule has 19 heavy (non-hydrogen) atoms. The number of nitrogens with two attached hydrogens (primary N) is 1. The van der Waals surface area contributed by atoms with Gasteiger partial charge in [-0.15, -0.1) is 0 Å². The maximum absolute atomic E-state index is 12.0. The fourth-order valence-corrected chi connectivity index (χ4v) is 2.36. The predicted molar refractivity (Wildman–Crippen MR) is 78.3 cm³/mol. The van der Waals surface area contributed by atoms with Gasteiger partial charge in [0.15, 0.2) is 0 Å². The summed E-state index contributed by atoms with van der Waals surface area (Å²) in [6, 6.07) is 6.37. The number of amides is 1. The van der Waals surface area contributed by atoms with E-state index in [2.05, 4.69) is 26.2 Å². The van der Waals surface area contributed by atoms with Crippen LogP contribution in [0.15, 0.2) is 39.7 Å². The standard InChI is InChI=1S/C13H12BrN3O2/c1-7-4-9(14)12(10(15)5-7)17-13(19)8-2-3-16-11(18)6-8/h2-6H,15H2,1H3,(H,16,18)(H,17,19). The summed E-state index contributed by atoms with van der Waals surface area (Å²) in [6.07, 6.45) is 1.42. The number of hydrogen-bond donors (Lipinski definition) is 3. The molecule has 2 aromatic rings. The SMILES string of the molecule is Cc1cc(N)c(NC(=O)c2cc[nH]c(=O)c2)c(Br)c1. The van der Waals surface area contributed by atoms with Gasteiger partial charge < -0.3 is 16.0 Å². The van der Waals surface area contributed by atoms with Gasteiger partial charge in [0.2, 0.25) is 5.56 Å². The fourth-order valence-electron chi connectivity index (χ4n) is 1.67. The summed E-state index contributed by atoms with van der Waals surface area (Å²) in [5.41, 5.74) is 7.75. The normalized spacial score (nSPS) is 10.2. The van der Waals surface area contributed by atoms with Crippen LogP contribution in [0.4, 0.5) is 11.4 Å². The number of aryl methyl sites for hydroxylation is 1. The number of nitrogen functional groups attached to an aromatic ring is 1. The molecule has 1 aromatic heterocycles. The molecule has 6 heteroatoms. The highest BCUT2D eigenvalue weighted by atomic mass is 79.9. The van der Waals surface area contributed by atoms with Gasteiger partial charge in [-0.1, -0.05) is 0 Å². The first-order valence-electron chi connectivity index (χ1n) is 5.53. The van der Waals surface area contributed by atoms with E-state index in [1.165, 1.54) is 18.3 Å². The zero-order valence-corrected chi connectivity index (χ0v) is 11.7. The van der Waals surface area contributed by atoms with Crippen LogP contribution in [0.2, 0.25) is 0 Å². The molecule has 0 bridgehead atoms. The first kappa shape index (κ1) is 13.4. The van der Waals surface area contributed by atoms with Crippen LogP contribution in [-0.2, 0) is 0 Å². The Morgan fingerprint density at radius 2 is 2.11 bits per heavy atom. The van der Waals surface area contributed by atoms with Crippen molar-refractivity contribution in [1.82, 2.24) is 4.98 Å². The van der Waals surface area contributed by atoms with Gasteiger partial charge in [-0.05, 0) is 46.6 Å². The number of carbonyl (C=O) groups excluding carboxylic acids is 1. The first-order valence-corrected chi connectivity index (χ1v) is 6.32. The Bertz CT molecular complexity index is 671. The number of pyridine rings is 1. The maximum Gasteiger partial charge on any atom is 0.256 e. The zero-order valence-electron chi connectivity index (χ0n) is 10.2. The fraction of sp³-hybridized carbons (Fsp3) is 0.0769. The Morgan fingerprint density at radius 3 is 2.74 bits per heavy atom. The maximum atomic E-state index is 12.0. The molecule has 1 aromatic carbocycles. The van der Waals surface area contributed by atoms with E-state index in [0.29, 0.717) is 15.8 Å². The van der Waals surface area contributed by atoms with Crippen molar-refractivity contribution in [3.8, 4) is 0 Å². The van der Waals surface area contributed by atoms with Crippen molar-refractivity contribution in [3.05, 3.63) is 56.4 Å². The molecule has 98 valence electrons. The summed E-state index contributed by atoms with van der Waals surface area (Å²) in [5, 5.41) is 2.69. The van der Waals surface area contributed by atoms with E-state index in [1.54, 1.807) is 6.07 Å². The van der Waals surface area contributed by atoms with E-state index in [4.69, 9.17) is 5.73 Å². The van der Waals surface area contributed by atoms with Gasteiger partial charge in [0, 0.05) is 22.3 Å². The lowest BCUT2D eigenvalue weighted by Crippen LogP contribution is -2.16. The van der Waals surface area contributed by atoms with Crippen LogP contribution in [0.5, 0.6) is 0 Å². The molecular formula is C13H12BrN3O2. The van der Waals surface area contributed by atoms with Crippen LogP contribution < -0.4 is 16.6 Å². The van der Waals surface area contributed by atoms with E-state index in [0.717, 1.165) is 5.56 Å². The summed E-state index contributed by atoms with van der Waals surface area (Å²) < 4.78 is 0.697. The van der Waals surface area contributed by atoms with Gasteiger partial charge in [-0.2, -0.15) is 0 Å². The van der Waals surface area contributed by atoms with Gasteiger partial charge in [0.05, 0.1) is 11.4 Å². The second-order valence-electron chi connectivity index (χ2n) is 4.11. The molecule has 0 unspecified atom stereocenters. The average molecular weight is 322 g/mol. The molecule has 0 radical (unpaired) electrons. The van der Waals surface area contributed by atoms with Gasteiger partial charge in [-0.3, -0.25) is 9.59 Å². The third-order valence-electron chi connectivity index (χ3n) is 2.54. The highest BCUT2D eigenvalue weighted by molar-refractivity contribution is 9.10. The number of benzene rings is 1. The second-order valence-corrected chi connectivity index (χ2v) is 4.96. The number of nitrogens with one attached hydrogen (secondary N) is 2. The van der Waals surface area contributed by atoms with Gasteiger partial charge in [0.1, 0.15) is 0 Å². The minimum atomic E-state index is -0.387. The van der Waals surface area contributed by atoms with Crippen molar-refractivity contribution < 1.29 is 4.79 Å². The Morgan fingerprint density at radius 1 is 1.37 bits per heavy atom. The number of aromatic nitrogens is 1. The highest BCUT2D eigenvalue weighted by Gasteiger charge is 2.11. The number of aromatic amines is 1. The van der Waals surface area contributed by atoms with Crippen molar-refractivity contribution in [1.29, 1.82) is 0 Å². The number of hydrogen-bond acceptors (Lipinski definition) is 3. The summed E-state index contributed by atoms with van der Waals surface area (Å²) in [6.45, 7) is 1.91. The van der Waals surface area contributed by atoms with Crippen molar-refractivity contribution >= 4 is 33.2 Å². The van der Waals surface area contributed by atoms with Gasteiger partial charge >= 0.3 is 0 Å². The second kappa shape index (κ2) is 5.27. The molecule has 0 saturated carbocycles. The Labute approximate surface area is 118 Å². The largest absolute Gasteiger partial charge is 0.397 e. The molecule has 0 spiro atoms. The number of anilines is 2. The Balaban J connectivity index is 2.32. The number of rotatable bonds is 2. The van der Waals surface area contributed by atoms with Crippen molar-refractivity contribution in [2.75, 3.05) is 11.1 Å². The summed E-state index contributed by atoms with van der Waals surface area (Å²) in [5.74, 6) is -0.387. The molecule has 1 heterocycles. The first-order chi connectivity index (χ1) is 8.97. The lowest BCUT2D eigenvalue weighted by atomic mass is 10.2. The van der Waals surface area contributed by atoms with E-state index < -0.39 is 0 Å². The summed E-state index contributed by atoms with van der Waals surface area (Å²) >= 11 is 3.35. The summed E-state index contributed by atoms with van der Waals surface area (Å²) in [4.78, 5) is 25.6. The molecular weight excluding hydrogens is 310 g/mol. The monoisotopic (exact) mass is 321 g/mol. The quantitative estimate of drug-likeness (QED) is 0.741. The molecule has 0 fully saturated rings. The smallest absolute Gasteiger partial charge is 0.256 e. The van der Waals surface area contributed by atoms with Crippen molar-refractivity contribution in [2.45, 2.75) is 6.92 Å². The molecule has 0 atom stereocenters. The van der Waals surface area contributed by atoms with E-state index in [1.807, 2.05) is 13.0 Å². The highest BCUT2D eigenvalue weighted by Crippen LogP contribution is 2.30. The van der Waals surface area contributed by atoms with Crippen LogP contribution in [0, 0.1) is 6.92 Å². The minimum Gasteiger partial charge on any atom is -0.397 e. The average Bonchev–Trinajstić information content (AvgIpc) is 2.33. The Kier molecular flexibility index (Phi) is 3.71. The van der Waals surface area contributed by atoms with E-state index in [-0.39, 0.29) is 17.0 Å². The molecule has 0 aliphatic rings. The number of H-pyrrole nitrogens is 1. The molecule has 1 amide bonds. The van der Waals surface area contributed by atoms with E-state index in [9.17, 15) is 9.59 Å². The molecule has 0 aliphatic heterocycles. The predicted octanol–water partition coefficient (Wildman–Crippen LogP) is 2.28. The minimum absolute atomic E-state index is 0.274. The van der Waals surface area contributed by atoms with E-state index >= 15 is 0 Å². The van der Waals surface area contributed by atoms with Crippen LogP contribution >= 0.6 is 15.9 Å². The van der Waals surface area contributed by atoms with Crippen LogP contribution in [0.1, 0.15) is 15.9 Å². The van der Waals surface area contributed by atoms with Crippen molar-refractivity contribution in [3.63, 3.8) is 0 Å². The lowest BCUT2D eigenvalue weighted by Gasteiger charge is -2.11. The Hall–Kier alpha value is -2.08. The third kappa shape index (κ3) is 3.03.